The molecule has 4 aromatic rings. The van der Waals surface area contributed by atoms with Crippen LogP contribution in [0.5, 0.6) is 5.75 Å². The lowest BCUT2D eigenvalue weighted by atomic mass is 10.00. The number of thiophene rings is 1. The Labute approximate surface area is 244 Å². The fourth-order valence-electron chi connectivity index (χ4n) is 4.95. The predicted octanol–water partition coefficient (Wildman–Crippen LogP) is 6.32. The first-order valence-electron chi connectivity index (χ1n) is 13.5. The van der Waals surface area contributed by atoms with Gasteiger partial charge in [0.1, 0.15) is 18.1 Å². The van der Waals surface area contributed by atoms with E-state index in [1.54, 1.807) is 35.6 Å². The van der Waals surface area contributed by atoms with Gasteiger partial charge in [-0.05, 0) is 78.4 Å². The van der Waals surface area contributed by atoms with Crippen LogP contribution in [0.15, 0.2) is 75.9 Å². The number of ether oxygens (including phenoxy) is 1. The summed E-state index contributed by atoms with van der Waals surface area (Å²) in [7, 11) is -4.03. The molecule has 0 saturated heterocycles. The molecule has 10 heteroatoms. The van der Waals surface area contributed by atoms with Crippen molar-refractivity contribution in [3.63, 3.8) is 0 Å². The Morgan fingerprint density at radius 3 is 2.76 bits per heavy atom. The summed E-state index contributed by atoms with van der Waals surface area (Å²) in [6, 6.07) is 18.8. The van der Waals surface area contributed by atoms with Crippen LogP contribution in [0, 0.1) is 6.92 Å². The average Bonchev–Trinajstić information content (AvgIpc) is 3.56. The molecule has 0 bridgehead atoms. The number of allylic oxidation sites excluding steroid dienone is 1. The number of hydrogen-bond donors (Lipinski definition) is 1. The zero-order valence-corrected chi connectivity index (χ0v) is 24.4. The lowest BCUT2D eigenvalue weighted by Crippen LogP contribution is -2.34. The van der Waals surface area contributed by atoms with Gasteiger partial charge in [-0.2, -0.15) is 4.31 Å². The van der Waals surface area contributed by atoms with E-state index >= 15 is 0 Å². The number of hydrogen-bond acceptors (Lipinski definition) is 7. The van der Waals surface area contributed by atoms with Gasteiger partial charge in [-0.1, -0.05) is 42.5 Å². The van der Waals surface area contributed by atoms with Gasteiger partial charge in [0.05, 0.1) is 17.2 Å². The van der Waals surface area contributed by atoms with E-state index in [0.717, 1.165) is 56.6 Å². The van der Waals surface area contributed by atoms with Gasteiger partial charge in [-0.15, -0.1) is 11.3 Å². The second kappa shape index (κ2) is 12.8. The van der Waals surface area contributed by atoms with Crippen molar-refractivity contribution in [3.05, 3.63) is 99.6 Å². The molecule has 0 fully saturated rings. The number of carbonyl (C=O) groups is 1. The molecule has 2 aromatic carbocycles. The van der Waals surface area contributed by atoms with Crippen LogP contribution in [-0.4, -0.2) is 41.9 Å². The summed E-state index contributed by atoms with van der Waals surface area (Å²) in [4.78, 5) is 17.2. The first kappa shape index (κ1) is 28.8. The maximum atomic E-state index is 13.5. The zero-order valence-electron chi connectivity index (χ0n) is 22.8. The van der Waals surface area contributed by atoms with E-state index in [4.69, 9.17) is 9.15 Å². The third-order valence-corrected chi connectivity index (χ3v) is 9.38. The quantitative estimate of drug-likeness (QED) is 0.203. The Bertz CT molecular complexity index is 1640. The van der Waals surface area contributed by atoms with Crippen molar-refractivity contribution in [1.29, 1.82) is 0 Å². The molecule has 0 atom stereocenters. The van der Waals surface area contributed by atoms with Gasteiger partial charge in [0.2, 0.25) is 15.9 Å². The number of aryl methyl sites for hydroxylation is 2. The van der Waals surface area contributed by atoms with E-state index in [0.29, 0.717) is 36.7 Å². The summed E-state index contributed by atoms with van der Waals surface area (Å²) in [5.74, 6) is 0.679. The number of carboxylic acid groups (broad SMARTS) is 1. The minimum absolute atomic E-state index is 0.0934. The fourth-order valence-corrected chi connectivity index (χ4v) is 6.97. The largest absolute Gasteiger partial charge is 0.493 e. The molecule has 0 radical (unpaired) electrons. The smallest absolute Gasteiger partial charge is 0.318 e. The summed E-state index contributed by atoms with van der Waals surface area (Å²) in [6.07, 6.45) is 3.91. The molecular formula is C31H32N2O6S2. The fraction of sp³-hybridized carbons (Fsp3) is 0.290. The van der Waals surface area contributed by atoms with E-state index in [1.165, 1.54) is 5.41 Å². The summed E-state index contributed by atoms with van der Waals surface area (Å²) < 4.78 is 39.8. The van der Waals surface area contributed by atoms with Gasteiger partial charge >= 0.3 is 5.97 Å². The van der Waals surface area contributed by atoms with Gasteiger partial charge in [0.25, 0.3) is 0 Å². The molecular weight excluding hydrogens is 560 g/mol. The molecule has 0 spiro atoms. The lowest BCUT2D eigenvalue weighted by molar-refractivity contribution is -0.137. The van der Waals surface area contributed by atoms with Gasteiger partial charge in [0, 0.05) is 18.4 Å². The Hall–Kier alpha value is -3.73. The molecule has 8 nitrogen and oxygen atoms in total. The van der Waals surface area contributed by atoms with E-state index in [9.17, 15) is 18.3 Å². The van der Waals surface area contributed by atoms with Crippen LogP contribution in [-0.2, 0) is 34.2 Å². The van der Waals surface area contributed by atoms with Gasteiger partial charge in [0.15, 0.2) is 0 Å². The third kappa shape index (κ3) is 7.32. The van der Waals surface area contributed by atoms with Crippen LogP contribution in [0.3, 0.4) is 0 Å². The summed E-state index contributed by atoms with van der Waals surface area (Å²) >= 11 is 1.56. The predicted molar refractivity (Wildman–Crippen MR) is 159 cm³/mol. The van der Waals surface area contributed by atoms with Crippen LogP contribution in [0.25, 0.3) is 16.3 Å². The maximum absolute atomic E-state index is 13.5. The standard InChI is InChI=1S/C31H32N2O6S2/c1-22-28(32-31(39-22)29-14-7-17-40-29)15-16-38-26-12-6-8-23(18-26)19-33(20-30(34)35)41(36,37)21-25-11-3-2-9-24-10-4-5-13-27(24)25/h4-8,10,12-14,17-18,21H,2-3,9,11,15-16,19-20H2,1H3,(H,34,35). The molecule has 214 valence electrons. The highest BCUT2D eigenvalue weighted by molar-refractivity contribution is 7.92. The minimum atomic E-state index is -4.03. The maximum Gasteiger partial charge on any atom is 0.318 e. The molecule has 1 aliphatic carbocycles. The SMILES string of the molecule is Cc1oc(-c2cccs2)nc1CCOc1cccc(CN(CC(=O)O)S(=O)(=O)C=C2CCCCc3ccccc32)c1. The number of benzene rings is 2. The molecule has 2 heterocycles. The molecule has 1 N–H and O–H groups in total. The molecule has 5 rings (SSSR count). The number of nitrogens with zero attached hydrogens (tertiary/aromatic N) is 2. The van der Waals surface area contributed by atoms with E-state index < -0.39 is 22.5 Å². The number of rotatable bonds is 11. The number of oxazole rings is 1. The number of carboxylic acids is 1. The Balaban J connectivity index is 1.29. The highest BCUT2D eigenvalue weighted by Gasteiger charge is 2.25. The Kier molecular flexibility index (Phi) is 9.02. The summed E-state index contributed by atoms with van der Waals surface area (Å²) in [5, 5.41) is 12.8. The number of sulfonamides is 1. The molecule has 41 heavy (non-hydrogen) atoms. The Morgan fingerprint density at radius 1 is 1.12 bits per heavy atom. The van der Waals surface area contributed by atoms with Crippen molar-refractivity contribution < 1.29 is 27.5 Å². The van der Waals surface area contributed by atoms with Crippen molar-refractivity contribution in [2.24, 2.45) is 0 Å². The van der Waals surface area contributed by atoms with E-state index in [2.05, 4.69) is 4.98 Å². The molecule has 0 saturated carbocycles. The van der Waals surface area contributed by atoms with Crippen LogP contribution in [0.4, 0.5) is 0 Å². The summed E-state index contributed by atoms with van der Waals surface area (Å²) in [6.45, 7) is 1.49. The van der Waals surface area contributed by atoms with Crippen LogP contribution < -0.4 is 4.74 Å². The zero-order chi connectivity index (χ0) is 28.8. The molecule has 1 aliphatic rings. The first-order chi connectivity index (χ1) is 19.8. The minimum Gasteiger partial charge on any atom is -0.493 e. The molecule has 0 unspecified atom stereocenters. The normalized spacial score (nSPS) is 14.6. The highest BCUT2D eigenvalue weighted by Crippen LogP contribution is 2.31. The monoisotopic (exact) mass is 592 g/mol. The highest BCUT2D eigenvalue weighted by atomic mass is 32.2. The van der Waals surface area contributed by atoms with Crippen molar-refractivity contribution in [1.82, 2.24) is 9.29 Å². The van der Waals surface area contributed by atoms with Gasteiger partial charge in [-0.25, -0.2) is 13.4 Å². The second-order valence-corrected chi connectivity index (χ2v) is 12.7. The molecule has 0 amide bonds. The van der Waals surface area contributed by atoms with Crippen LogP contribution in [0.2, 0.25) is 0 Å². The summed E-state index contributed by atoms with van der Waals surface area (Å²) in [5.41, 5.74) is 4.20. The first-order valence-corrected chi connectivity index (χ1v) is 15.9. The molecule has 2 aromatic heterocycles. The van der Waals surface area contributed by atoms with Crippen LogP contribution >= 0.6 is 11.3 Å². The number of aliphatic carboxylic acids is 1. The average molecular weight is 593 g/mol. The Morgan fingerprint density at radius 2 is 1.95 bits per heavy atom. The van der Waals surface area contributed by atoms with Crippen molar-refractivity contribution >= 4 is 32.9 Å². The van der Waals surface area contributed by atoms with Crippen molar-refractivity contribution in [3.8, 4) is 16.5 Å². The van der Waals surface area contributed by atoms with Crippen molar-refractivity contribution in [2.75, 3.05) is 13.2 Å². The van der Waals surface area contributed by atoms with Crippen molar-refractivity contribution in [2.45, 2.75) is 45.6 Å². The van der Waals surface area contributed by atoms with Crippen LogP contribution in [0.1, 0.15) is 47.4 Å². The van der Waals surface area contributed by atoms with Gasteiger partial charge in [-0.3, -0.25) is 4.79 Å². The topological polar surface area (TPSA) is 110 Å². The number of aromatic nitrogens is 1. The molecule has 0 aliphatic heterocycles. The van der Waals surface area contributed by atoms with E-state index in [1.807, 2.05) is 48.7 Å². The van der Waals surface area contributed by atoms with Gasteiger partial charge < -0.3 is 14.3 Å². The number of fused-ring (bicyclic) bond motifs is 1. The van der Waals surface area contributed by atoms with E-state index in [-0.39, 0.29) is 6.54 Å². The lowest BCUT2D eigenvalue weighted by Gasteiger charge is -2.20. The second-order valence-electron chi connectivity index (χ2n) is 9.96. The third-order valence-electron chi connectivity index (χ3n) is 6.96.